The molecule has 12 heavy (non-hydrogen) atoms. The average molecular weight is 171 g/mol. The maximum atomic E-state index is 10.8. The minimum Gasteiger partial charge on any atom is -0.390 e. The van der Waals surface area contributed by atoms with Crippen molar-refractivity contribution in [1.82, 2.24) is 4.90 Å². The Morgan fingerprint density at radius 1 is 1.50 bits per heavy atom. The highest BCUT2D eigenvalue weighted by Gasteiger charge is 2.27. The first-order chi connectivity index (χ1) is 5.49. The molecule has 1 fully saturated rings. The largest absolute Gasteiger partial charge is 0.390 e. The maximum Gasteiger partial charge on any atom is 0.143 e. The number of aliphatic hydroxyl groups is 1. The third-order valence-corrected chi connectivity index (χ3v) is 2.38. The topological polar surface area (TPSA) is 40.5 Å². The van der Waals surface area contributed by atoms with Crippen molar-refractivity contribution in [3.05, 3.63) is 0 Å². The third-order valence-electron chi connectivity index (χ3n) is 2.38. The summed E-state index contributed by atoms with van der Waals surface area (Å²) in [5.74, 6) is 0.205. The molecule has 0 spiro atoms. The summed E-state index contributed by atoms with van der Waals surface area (Å²) < 4.78 is 0. The lowest BCUT2D eigenvalue weighted by Crippen LogP contribution is -2.43. The Kier molecular flexibility index (Phi) is 2.85. The second-order valence-electron chi connectivity index (χ2n) is 3.98. The normalized spacial score (nSPS) is 23.9. The fourth-order valence-electron chi connectivity index (χ4n) is 1.51. The van der Waals surface area contributed by atoms with Crippen LogP contribution in [0.2, 0.25) is 0 Å². The molecule has 1 saturated heterocycles. The summed E-state index contributed by atoms with van der Waals surface area (Å²) in [4.78, 5) is 12.9. The Hall–Kier alpha value is -0.410. The molecule has 0 amide bonds. The smallest absolute Gasteiger partial charge is 0.143 e. The Balaban J connectivity index is 2.31. The minimum absolute atomic E-state index is 0.205. The summed E-state index contributed by atoms with van der Waals surface area (Å²) >= 11 is 0. The molecule has 0 unspecified atom stereocenters. The fourth-order valence-corrected chi connectivity index (χ4v) is 1.51. The van der Waals surface area contributed by atoms with Gasteiger partial charge in [0.1, 0.15) is 5.78 Å². The van der Waals surface area contributed by atoms with Crippen molar-refractivity contribution in [2.45, 2.75) is 32.3 Å². The number of hydrogen-bond donors (Lipinski definition) is 1. The SMILES string of the molecule is CC(=O)CN1CCC(C)(O)CC1. The molecule has 0 saturated carbocycles. The Labute approximate surface area is 73.4 Å². The van der Waals surface area contributed by atoms with E-state index in [4.69, 9.17) is 0 Å². The lowest BCUT2D eigenvalue weighted by molar-refractivity contribution is -0.119. The molecule has 3 heteroatoms. The molecule has 1 N–H and O–H groups in total. The molecule has 0 aliphatic carbocycles. The van der Waals surface area contributed by atoms with Gasteiger partial charge in [0.15, 0.2) is 0 Å². The van der Waals surface area contributed by atoms with E-state index in [0.717, 1.165) is 25.9 Å². The summed E-state index contributed by atoms with van der Waals surface area (Å²) in [6.07, 6.45) is 1.56. The Morgan fingerprint density at radius 2 is 2.00 bits per heavy atom. The molecule has 0 atom stereocenters. The molecular formula is C9H17NO2. The van der Waals surface area contributed by atoms with Crippen molar-refractivity contribution >= 4 is 5.78 Å². The standard InChI is InChI=1S/C9H17NO2/c1-8(11)7-10-5-3-9(2,12)4-6-10/h12H,3-7H2,1-2H3. The highest BCUT2D eigenvalue weighted by Crippen LogP contribution is 2.20. The van der Waals surface area contributed by atoms with Crippen LogP contribution in [-0.4, -0.2) is 41.0 Å². The molecule has 70 valence electrons. The monoisotopic (exact) mass is 171 g/mol. The van der Waals surface area contributed by atoms with Gasteiger partial charge in [-0.05, 0) is 26.7 Å². The van der Waals surface area contributed by atoms with E-state index < -0.39 is 5.60 Å². The van der Waals surface area contributed by atoms with E-state index in [2.05, 4.69) is 4.90 Å². The van der Waals surface area contributed by atoms with Gasteiger partial charge in [-0.15, -0.1) is 0 Å². The lowest BCUT2D eigenvalue weighted by atomic mass is 9.94. The van der Waals surface area contributed by atoms with Crippen molar-refractivity contribution in [2.75, 3.05) is 19.6 Å². The number of Topliss-reactive ketones (excluding diaryl/α,β-unsaturated/α-hetero) is 1. The zero-order valence-electron chi connectivity index (χ0n) is 7.84. The average Bonchev–Trinajstić information content (AvgIpc) is 1.93. The van der Waals surface area contributed by atoms with Gasteiger partial charge in [-0.25, -0.2) is 0 Å². The van der Waals surface area contributed by atoms with Crippen molar-refractivity contribution in [3.8, 4) is 0 Å². The van der Waals surface area contributed by atoms with Crippen LogP contribution >= 0.6 is 0 Å². The number of carbonyl (C=O) groups excluding carboxylic acids is 1. The second kappa shape index (κ2) is 3.54. The van der Waals surface area contributed by atoms with E-state index in [1.54, 1.807) is 6.92 Å². The summed E-state index contributed by atoms with van der Waals surface area (Å²) in [5, 5.41) is 9.61. The number of hydrogen-bond acceptors (Lipinski definition) is 3. The number of ketones is 1. The van der Waals surface area contributed by atoms with Crippen molar-refractivity contribution < 1.29 is 9.90 Å². The molecule has 0 bridgehead atoms. The van der Waals surface area contributed by atoms with E-state index in [-0.39, 0.29) is 5.78 Å². The molecule has 0 aromatic carbocycles. The third kappa shape index (κ3) is 2.91. The molecule has 1 aliphatic heterocycles. The predicted octanol–water partition coefficient (Wildman–Crippen LogP) is 0.422. The number of rotatable bonds is 2. The van der Waals surface area contributed by atoms with Crippen LogP contribution < -0.4 is 0 Å². The van der Waals surface area contributed by atoms with E-state index >= 15 is 0 Å². The van der Waals surface area contributed by atoms with Crippen LogP contribution in [0.15, 0.2) is 0 Å². The molecule has 3 nitrogen and oxygen atoms in total. The van der Waals surface area contributed by atoms with E-state index in [0.29, 0.717) is 6.54 Å². The van der Waals surface area contributed by atoms with E-state index in [9.17, 15) is 9.90 Å². The Morgan fingerprint density at radius 3 is 2.42 bits per heavy atom. The van der Waals surface area contributed by atoms with Crippen LogP contribution in [0.1, 0.15) is 26.7 Å². The molecule has 0 aromatic rings. The second-order valence-corrected chi connectivity index (χ2v) is 3.98. The zero-order chi connectivity index (χ0) is 9.19. The van der Waals surface area contributed by atoms with Gasteiger partial charge >= 0.3 is 0 Å². The summed E-state index contributed by atoms with van der Waals surface area (Å²) in [6.45, 7) is 5.68. The first-order valence-electron chi connectivity index (χ1n) is 4.44. The number of likely N-dealkylation sites (tertiary alicyclic amines) is 1. The van der Waals surface area contributed by atoms with Crippen LogP contribution in [-0.2, 0) is 4.79 Å². The van der Waals surface area contributed by atoms with Gasteiger partial charge in [-0.3, -0.25) is 9.69 Å². The predicted molar refractivity (Wildman–Crippen MR) is 47.0 cm³/mol. The molecule has 1 rings (SSSR count). The van der Waals surface area contributed by atoms with Crippen LogP contribution in [0.3, 0.4) is 0 Å². The van der Waals surface area contributed by atoms with Gasteiger partial charge < -0.3 is 5.11 Å². The summed E-state index contributed by atoms with van der Waals surface area (Å²) in [6, 6.07) is 0. The van der Waals surface area contributed by atoms with Crippen LogP contribution in [0.5, 0.6) is 0 Å². The van der Waals surface area contributed by atoms with Gasteiger partial charge in [-0.2, -0.15) is 0 Å². The van der Waals surface area contributed by atoms with Gasteiger partial charge in [0, 0.05) is 13.1 Å². The lowest BCUT2D eigenvalue weighted by Gasteiger charge is -2.35. The molecular weight excluding hydrogens is 154 g/mol. The first kappa shape index (κ1) is 9.68. The van der Waals surface area contributed by atoms with Crippen molar-refractivity contribution in [2.24, 2.45) is 0 Å². The van der Waals surface area contributed by atoms with E-state index in [1.165, 1.54) is 0 Å². The summed E-state index contributed by atoms with van der Waals surface area (Å²) in [7, 11) is 0. The molecule has 1 heterocycles. The number of carbonyl (C=O) groups is 1. The van der Waals surface area contributed by atoms with E-state index in [1.807, 2.05) is 6.92 Å². The van der Waals surface area contributed by atoms with Gasteiger partial charge in [0.2, 0.25) is 0 Å². The maximum absolute atomic E-state index is 10.8. The van der Waals surface area contributed by atoms with Crippen molar-refractivity contribution in [3.63, 3.8) is 0 Å². The highest BCUT2D eigenvalue weighted by molar-refractivity contribution is 5.77. The zero-order valence-corrected chi connectivity index (χ0v) is 7.84. The molecule has 0 radical (unpaired) electrons. The fraction of sp³-hybridized carbons (Fsp3) is 0.889. The first-order valence-corrected chi connectivity index (χ1v) is 4.44. The van der Waals surface area contributed by atoms with Gasteiger partial charge in [-0.1, -0.05) is 0 Å². The minimum atomic E-state index is -0.507. The van der Waals surface area contributed by atoms with Crippen LogP contribution in [0.25, 0.3) is 0 Å². The highest BCUT2D eigenvalue weighted by atomic mass is 16.3. The molecule has 0 aromatic heterocycles. The number of piperidine rings is 1. The number of nitrogens with zero attached hydrogens (tertiary/aromatic N) is 1. The van der Waals surface area contributed by atoms with Gasteiger partial charge in [0.25, 0.3) is 0 Å². The Bertz CT molecular complexity index is 167. The van der Waals surface area contributed by atoms with Gasteiger partial charge in [0.05, 0.1) is 12.1 Å². The van der Waals surface area contributed by atoms with Crippen LogP contribution in [0, 0.1) is 0 Å². The van der Waals surface area contributed by atoms with Crippen LogP contribution in [0.4, 0.5) is 0 Å². The molecule has 1 aliphatic rings. The quantitative estimate of drug-likeness (QED) is 0.654. The summed E-state index contributed by atoms with van der Waals surface area (Å²) in [5.41, 5.74) is -0.507. The van der Waals surface area contributed by atoms with Crippen molar-refractivity contribution in [1.29, 1.82) is 0 Å².